The van der Waals surface area contributed by atoms with Gasteiger partial charge in [0.1, 0.15) is 17.0 Å². The van der Waals surface area contributed by atoms with Crippen LogP contribution in [-0.2, 0) is 6.54 Å². The van der Waals surface area contributed by atoms with Gasteiger partial charge in [0.15, 0.2) is 0 Å². The lowest BCUT2D eigenvalue weighted by molar-refractivity contribution is 0.0556. The number of hydrogen-bond acceptors (Lipinski definition) is 8. The molecule has 2 N–H and O–H groups in total. The van der Waals surface area contributed by atoms with Crippen molar-refractivity contribution in [3.05, 3.63) is 33.4 Å². The predicted octanol–water partition coefficient (Wildman–Crippen LogP) is 2.81. The number of aryl methyl sites for hydroxylation is 2. The largest absolute Gasteiger partial charge is 0.390 e. The Morgan fingerprint density at radius 1 is 1.32 bits per heavy atom. The average molecular weight is 376 g/mol. The molecule has 0 aromatic carbocycles. The summed E-state index contributed by atoms with van der Waals surface area (Å²) in [5, 5.41) is 17.2. The highest BCUT2D eigenvalue weighted by atomic mass is 32.1. The van der Waals surface area contributed by atoms with Gasteiger partial charge in [-0.3, -0.25) is 4.90 Å². The minimum atomic E-state index is -0.433. The van der Waals surface area contributed by atoms with Crippen LogP contribution in [0, 0.1) is 13.8 Å². The van der Waals surface area contributed by atoms with E-state index in [9.17, 15) is 5.11 Å². The molecule has 3 aromatic rings. The molecule has 6 nitrogen and oxygen atoms in total. The highest BCUT2D eigenvalue weighted by Crippen LogP contribution is 2.33. The summed E-state index contributed by atoms with van der Waals surface area (Å²) in [5.41, 5.74) is 4.15. The number of thiazole rings is 1. The van der Waals surface area contributed by atoms with Crippen LogP contribution < -0.4 is 5.32 Å². The van der Waals surface area contributed by atoms with Crippen molar-refractivity contribution in [3.63, 3.8) is 0 Å². The van der Waals surface area contributed by atoms with Gasteiger partial charge in [-0.1, -0.05) is 0 Å². The maximum atomic E-state index is 10.6. The van der Waals surface area contributed by atoms with Crippen LogP contribution in [0.2, 0.25) is 0 Å². The molecule has 25 heavy (non-hydrogen) atoms. The van der Waals surface area contributed by atoms with Gasteiger partial charge in [0.2, 0.25) is 0 Å². The number of aromatic nitrogens is 3. The molecule has 8 heteroatoms. The third kappa shape index (κ3) is 3.39. The van der Waals surface area contributed by atoms with Crippen molar-refractivity contribution < 1.29 is 5.11 Å². The summed E-state index contributed by atoms with van der Waals surface area (Å²) < 4.78 is 0. The number of hydrogen-bond donors (Lipinski definition) is 2. The molecule has 1 aliphatic rings. The van der Waals surface area contributed by atoms with E-state index in [0.29, 0.717) is 6.54 Å². The van der Waals surface area contributed by atoms with Crippen LogP contribution in [0.5, 0.6) is 0 Å². The summed E-state index contributed by atoms with van der Waals surface area (Å²) >= 11 is 3.30. The van der Waals surface area contributed by atoms with E-state index in [0.717, 1.165) is 41.2 Å². The summed E-state index contributed by atoms with van der Waals surface area (Å²) in [6.45, 7) is 6.59. The molecule has 0 aliphatic carbocycles. The SMILES string of the molecule is Cc1sc2ncnc(N[C@@H]3CCN(Cc4cscn4)C[C@H]3O)c2c1C. The maximum Gasteiger partial charge on any atom is 0.138 e. The first-order chi connectivity index (χ1) is 12.1. The minimum absolute atomic E-state index is 0.00406. The molecule has 0 amide bonds. The Labute approximate surface area is 154 Å². The molecule has 0 spiro atoms. The monoisotopic (exact) mass is 375 g/mol. The molecule has 1 saturated heterocycles. The molecule has 3 aromatic heterocycles. The predicted molar refractivity (Wildman–Crippen MR) is 102 cm³/mol. The fourth-order valence-electron chi connectivity index (χ4n) is 3.32. The fraction of sp³-hybridized carbons (Fsp3) is 0.471. The van der Waals surface area contributed by atoms with E-state index >= 15 is 0 Å². The topological polar surface area (TPSA) is 74.2 Å². The third-order valence-corrected chi connectivity index (χ3v) is 6.57. The van der Waals surface area contributed by atoms with Crippen LogP contribution in [0.4, 0.5) is 5.82 Å². The van der Waals surface area contributed by atoms with Crippen molar-refractivity contribution in [2.75, 3.05) is 18.4 Å². The number of anilines is 1. The number of β-amino-alcohol motifs (C(OH)–C–C–N with tert-alkyl or cyclic N) is 1. The molecular weight excluding hydrogens is 354 g/mol. The van der Waals surface area contributed by atoms with Gasteiger partial charge in [0, 0.05) is 29.9 Å². The maximum absolute atomic E-state index is 10.6. The average Bonchev–Trinajstić information content (AvgIpc) is 3.19. The molecule has 4 rings (SSSR count). The van der Waals surface area contributed by atoms with Crippen molar-refractivity contribution in [2.24, 2.45) is 0 Å². The van der Waals surface area contributed by atoms with Gasteiger partial charge in [-0.2, -0.15) is 0 Å². The number of thiophene rings is 1. The number of nitrogens with zero attached hydrogens (tertiary/aromatic N) is 4. The van der Waals surface area contributed by atoms with E-state index in [1.54, 1.807) is 29.0 Å². The summed E-state index contributed by atoms with van der Waals surface area (Å²) in [5.74, 6) is 0.837. The lowest BCUT2D eigenvalue weighted by Crippen LogP contribution is -2.49. The normalized spacial score (nSPS) is 21.7. The van der Waals surface area contributed by atoms with Gasteiger partial charge in [-0.15, -0.1) is 22.7 Å². The van der Waals surface area contributed by atoms with E-state index in [-0.39, 0.29) is 6.04 Å². The lowest BCUT2D eigenvalue weighted by Gasteiger charge is -2.36. The molecule has 0 bridgehead atoms. The Morgan fingerprint density at radius 2 is 2.20 bits per heavy atom. The van der Waals surface area contributed by atoms with Crippen LogP contribution in [0.15, 0.2) is 17.2 Å². The summed E-state index contributed by atoms with van der Waals surface area (Å²) in [7, 11) is 0. The number of likely N-dealkylation sites (tertiary alicyclic amines) is 1. The Hall–Kier alpha value is -1.61. The van der Waals surface area contributed by atoms with Crippen molar-refractivity contribution in [2.45, 2.75) is 39.0 Å². The zero-order valence-electron chi connectivity index (χ0n) is 14.3. The highest BCUT2D eigenvalue weighted by Gasteiger charge is 2.29. The molecule has 0 radical (unpaired) electrons. The number of aliphatic hydroxyl groups is 1. The summed E-state index contributed by atoms with van der Waals surface area (Å²) in [4.78, 5) is 17.7. The molecule has 132 valence electrons. The van der Waals surface area contributed by atoms with Gasteiger partial charge >= 0.3 is 0 Å². The van der Waals surface area contributed by atoms with E-state index in [4.69, 9.17) is 0 Å². The van der Waals surface area contributed by atoms with Crippen LogP contribution in [0.25, 0.3) is 10.2 Å². The first-order valence-electron chi connectivity index (χ1n) is 8.36. The zero-order chi connectivity index (χ0) is 17.4. The second kappa shape index (κ2) is 6.95. The summed E-state index contributed by atoms with van der Waals surface area (Å²) in [6.07, 6.45) is 2.04. The third-order valence-electron chi connectivity index (χ3n) is 4.82. The molecule has 4 heterocycles. The van der Waals surface area contributed by atoms with E-state index in [1.807, 2.05) is 5.51 Å². The molecule has 1 aliphatic heterocycles. The van der Waals surface area contributed by atoms with Gasteiger partial charge in [0.25, 0.3) is 0 Å². The quantitative estimate of drug-likeness (QED) is 0.730. The van der Waals surface area contributed by atoms with Gasteiger partial charge in [-0.05, 0) is 25.8 Å². The summed E-state index contributed by atoms with van der Waals surface area (Å²) in [6, 6.07) is 0.00406. The Balaban J connectivity index is 1.47. The van der Waals surface area contributed by atoms with Crippen molar-refractivity contribution >= 4 is 38.7 Å². The first-order valence-corrected chi connectivity index (χ1v) is 10.1. The molecule has 1 fully saturated rings. The van der Waals surface area contributed by atoms with Crippen molar-refractivity contribution in [1.82, 2.24) is 19.9 Å². The zero-order valence-corrected chi connectivity index (χ0v) is 15.9. The molecular formula is C17H21N5OS2. The van der Waals surface area contributed by atoms with Gasteiger partial charge in [0.05, 0.1) is 28.7 Å². The standard InChI is InChI=1S/C17H21N5OS2/c1-10-11(2)25-17-15(10)16(18-8-19-17)21-13-3-4-22(6-14(13)23)5-12-7-24-9-20-12/h7-9,13-14,23H,3-6H2,1-2H3,(H,18,19,21)/t13-,14-/m1/s1. The second-order valence-electron chi connectivity index (χ2n) is 6.51. The van der Waals surface area contributed by atoms with E-state index in [1.165, 1.54) is 10.4 Å². The Bertz CT molecular complexity index is 863. The molecule has 2 atom stereocenters. The van der Waals surface area contributed by atoms with Crippen LogP contribution in [0.1, 0.15) is 22.6 Å². The van der Waals surface area contributed by atoms with Crippen LogP contribution >= 0.6 is 22.7 Å². The van der Waals surface area contributed by atoms with Crippen LogP contribution in [-0.4, -0.2) is 50.2 Å². The number of aliphatic hydroxyl groups excluding tert-OH is 1. The number of nitrogens with one attached hydrogen (secondary N) is 1. The lowest BCUT2D eigenvalue weighted by atomic mass is 10.0. The molecule has 0 unspecified atom stereocenters. The molecule has 0 saturated carbocycles. The van der Waals surface area contributed by atoms with Crippen molar-refractivity contribution in [1.29, 1.82) is 0 Å². The number of piperidine rings is 1. The number of fused-ring (bicyclic) bond motifs is 1. The van der Waals surface area contributed by atoms with Gasteiger partial charge in [-0.25, -0.2) is 15.0 Å². The number of rotatable bonds is 4. The highest BCUT2D eigenvalue weighted by molar-refractivity contribution is 7.18. The van der Waals surface area contributed by atoms with Crippen LogP contribution in [0.3, 0.4) is 0 Å². The van der Waals surface area contributed by atoms with Gasteiger partial charge < -0.3 is 10.4 Å². The van der Waals surface area contributed by atoms with Crippen molar-refractivity contribution in [3.8, 4) is 0 Å². The second-order valence-corrected chi connectivity index (χ2v) is 8.43. The van der Waals surface area contributed by atoms with E-state index < -0.39 is 6.10 Å². The smallest absolute Gasteiger partial charge is 0.138 e. The van der Waals surface area contributed by atoms with E-state index in [2.05, 4.69) is 44.4 Å². The fourth-order valence-corrected chi connectivity index (χ4v) is 4.87. The minimum Gasteiger partial charge on any atom is -0.390 e. The first kappa shape index (κ1) is 16.8. The Kier molecular flexibility index (Phi) is 4.68. The Morgan fingerprint density at radius 3 is 2.96 bits per heavy atom.